The fourth-order valence-corrected chi connectivity index (χ4v) is 4.64. The number of amides is 2. The van der Waals surface area contributed by atoms with Crippen molar-refractivity contribution in [2.75, 3.05) is 13.1 Å². The molecule has 1 unspecified atom stereocenters. The number of rotatable bonds is 10. The molecule has 7 nitrogen and oxygen atoms in total. The lowest BCUT2D eigenvalue weighted by atomic mass is 9.85. The number of nitrogens with one attached hydrogen (secondary N) is 3. The topological polar surface area (TPSA) is 107 Å². The highest BCUT2D eigenvalue weighted by Gasteiger charge is 2.32. The normalized spacial score (nSPS) is 15.2. The molecule has 2 amide bonds. The minimum Gasteiger partial charge on any atom is -0.332 e. The summed E-state index contributed by atoms with van der Waals surface area (Å²) >= 11 is 6.17. The number of urea groups is 1. The van der Waals surface area contributed by atoms with Gasteiger partial charge in [0.1, 0.15) is 5.84 Å². The highest BCUT2D eigenvalue weighted by Crippen LogP contribution is 2.33. The minimum atomic E-state index is -4.55. The maximum absolute atomic E-state index is 15.4. The number of allylic oxidation sites excluding steroid dienone is 1. The van der Waals surface area contributed by atoms with Gasteiger partial charge >= 0.3 is 12.2 Å². The molecule has 0 bridgehead atoms. The fourth-order valence-electron chi connectivity index (χ4n) is 4.45. The molecule has 0 aromatic heterocycles. The highest BCUT2D eigenvalue weighted by atomic mass is 35.5. The number of carbonyl (C=O) groups is 1. The summed E-state index contributed by atoms with van der Waals surface area (Å²) in [6.45, 7) is 0.532. The van der Waals surface area contributed by atoms with E-state index in [9.17, 15) is 23.2 Å². The van der Waals surface area contributed by atoms with E-state index in [1.54, 1.807) is 48.5 Å². The summed E-state index contributed by atoms with van der Waals surface area (Å²) in [7, 11) is 0. The molecule has 2 aromatic carbocycles. The number of hydrogen-bond donors (Lipinski definition) is 3. The second-order valence-corrected chi connectivity index (χ2v) is 10.1. The second kappa shape index (κ2) is 14.1. The maximum Gasteiger partial charge on any atom is 0.390 e. The van der Waals surface area contributed by atoms with Crippen LogP contribution in [0.5, 0.6) is 0 Å². The zero-order chi connectivity index (χ0) is 30.2. The largest absolute Gasteiger partial charge is 0.390 e. The van der Waals surface area contributed by atoms with E-state index < -0.39 is 43.5 Å². The number of halogens is 5. The first-order valence-electron chi connectivity index (χ1n) is 13.1. The number of nitriles is 1. The molecule has 12 heteroatoms. The SMILES string of the molecule is CCc1ccc(C(=N)N(CCC(F)(F)F)C(=O)NCC(=N)C2=C(N(F)Cc3ccccc3Cl)CC(C#N)CC2)cc1. The van der Waals surface area contributed by atoms with Crippen LogP contribution < -0.4 is 5.32 Å². The van der Waals surface area contributed by atoms with Crippen LogP contribution in [0.25, 0.3) is 0 Å². The molecule has 3 N–H and O–H groups in total. The number of amidine groups is 1. The Morgan fingerprint density at radius 2 is 1.85 bits per heavy atom. The van der Waals surface area contributed by atoms with E-state index in [1.807, 2.05) is 6.92 Å². The van der Waals surface area contributed by atoms with Crippen molar-refractivity contribution in [2.24, 2.45) is 5.92 Å². The summed E-state index contributed by atoms with van der Waals surface area (Å²) in [5.74, 6) is -0.872. The summed E-state index contributed by atoms with van der Waals surface area (Å²) in [6.07, 6.45) is -4.49. The fraction of sp³-hybridized carbons (Fsp3) is 0.379. The van der Waals surface area contributed by atoms with Gasteiger partial charge in [0.2, 0.25) is 0 Å². The third-order valence-corrected chi connectivity index (χ3v) is 7.19. The number of alkyl halides is 3. The molecule has 1 atom stereocenters. The molecular formula is C29H31ClF4N6O. The smallest absolute Gasteiger partial charge is 0.332 e. The Labute approximate surface area is 241 Å². The molecule has 0 aliphatic heterocycles. The molecule has 1 aliphatic carbocycles. The average Bonchev–Trinajstić information content (AvgIpc) is 2.96. The quantitative estimate of drug-likeness (QED) is 0.118. The van der Waals surface area contributed by atoms with E-state index in [1.165, 1.54) is 0 Å². The number of benzene rings is 2. The van der Waals surface area contributed by atoms with Gasteiger partial charge in [-0.05, 0) is 42.0 Å². The number of nitrogens with zero attached hydrogens (tertiary/aromatic N) is 3. The maximum atomic E-state index is 15.4. The van der Waals surface area contributed by atoms with Gasteiger partial charge in [0, 0.05) is 23.6 Å². The molecule has 0 saturated carbocycles. The molecule has 1 aliphatic rings. The Hall–Kier alpha value is -3.91. The Morgan fingerprint density at radius 1 is 1.17 bits per heavy atom. The first-order valence-corrected chi connectivity index (χ1v) is 13.5. The van der Waals surface area contributed by atoms with Crippen molar-refractivity contribution < 1.29 is 22.4 Å². The van der Waals surface area contributed by atoms with Crippen LogP contribution in [0.2, 0.25) is 5.02 Å². The molecule has 0 radical (unpaired) electrons. The zero-order valence-corrected chi connectivity index (χ0v) is 23.2. The molecule has 41 heavy (non-hydrogen) atoms. The van der Waals surface area contributed by atoms with E-state index in [2.05, 4.69) is 11.4 Å². The van der Waals surface area contributed by atoms with Crippen LogP contribution in [0.1, 0.15) is 49.3 Å². The van der Waals surface area contributed by atoms with Crippen LogP contribution in [0, 0.1) is 28.1 Å². The van der Waals surface area contributed by atoms with Crippen molar-refractivity contribution in [1.82, 2.24) is 15.3 Å². The molecule has 0 heterocycles. The Bertz CT molecular complexity index is 1340. The standard InChI is InChI=1S/C29H31ClF4N6O/c1-2-19-7-10-21(11-8-19)27(37)39(14-13-29(31,32)33)28(41)38-17-25(36)23-12-9-20(16-35)15-26(23)40(34)18-22-5-3-4-6-24(22)30/h3-8,10-11,20,36-37H,2,9,12-15,17-18H2,1H3,(H,38,41). The lowest BCUT2D eigenvalue weighted by molar-refractivity contribution is -0.135. The van der Waals surface area contributed by atoms with Crippen molar-refractivity contribution in [3.8, 4) is 6.07 Å². The van der Waals surface area contributed by atoms with Crippen LogP contribution >= 0.6 is 11.6 Å². The minimum absolute atomic E-state index is 0.0548. The van der Waals surface area contributed by atoms with Gasteiger partial charge < -0.3 is 10.7 Å². The molecule has 2 aromatic rings. The average molecular weight is 591 g/mol. The monoisotopic (exact) mass is 590 g/mol. The summed E-state index contributed by atoms with van der Waals surface area (Å²) in [4.78, 5) is 13.7. The van der Waals surface area contributed by atoms with Crippen molar-refractivity contribution in [3.05, 3.63) is 81.5 Å². The van der Waals surface area contributed by atoms with Gasteiger partial charge in [0.05, 0.1) is 42.9 Å². The van der Waals surface area contributed by atoms with Crippen molar-refractivity contribution in [3.63, 3.8) is 0 Å². The number of hydrogen-bond acceptors (Lipinski definition) is 5. The lowest BCUT2D eigenvalue weighted by Crippen LogP contribution is -2.47. The van der Waals surface area contributed by atoms with E-state index in [4.69, 9.17) is 22.4 Å². The van der Waals surface area contributed by atoms with Crippen LogP contribution in [-0.4, -0.2) is 46.9 Å². The first kappa shape index (κ1) is 31.6. The first-order chi connectivity index (χ1) is 19.4. The zero-order valence-electron chi connectivity index (χ0n) is 22.5. The third-order valence-electron chi connectivity index (χ3n) is 6.82. The van der Waals surface area contributed by atoms with Crippen LogP contribution in [0.4, 0.5) is 22.4 Å². The molecule has 218 valence electrons. The van der Waals surface area contributed by atoms with Gasteiger partial charge in [-0.25, -0.2) is 9.92 Å². The number of carbonyl (C=O) groups excluding carboxylic acids is 1. The lowest BCUT2D eigenvalue weighted by Gasteiger charge is -2.29. The number of aryl methyl sites for hydroxylation is 1. The Balaban J connectivity index is 1.78. The van der Waals surface area contributed by atoms with E-state index in [0.29, 0.717) is 32.6 Å². The van der Waals surface area contributed by atoms with Gasteiger partial charge in [-0.1, -0.05) is 65.5 Å². The van der Waals surface area contributed by atoms with E-state index in [0.717, 1.165) is 12.0 Å². The summed E-state index contributed by atoms with van der Waals surface area (Å²) in [6, 6.07) is 14.4. The van der Waals surface area contributed by atoms with Gasteiger partial charge in [0.25, 0.3) is 0 Å². The van der Waals surface area contributed by atoms with Crippen LogP contribution in [-0.2, 0) is 13.0 Å². The van der Waals surface area contributed by atoms with Gasteiger partial charge in [-0.15, -0.1) is 0 Å². The summed E-state index contributed by atoms with van der Waals surface area (Å²) in [5.41, 5.74) is 2.03. The van der Waals surface area contributed by atoms with Gasteiger partial charge in [-0.2, -0.15) is 18.4 Å². The molecular weight excluding hydrogens is 560 g/mol. The van der Waals surface area contributed by atoms with Crippen molar-refractivity contribution in [2.45, 2.75) is 51.7 Å². The van der Waals surface area contributed by atoms with Crippen LogP contribution in [0.15, 0.2) is 59.8 Å². The third kappa shape index (κ3) is 8.79. The Kier molecular flexibility index (Phi) is 10.9. The molecule has 3 rings (SSSR count). The predicted molar refractivity (Wildman–Crippen MR) is 149 cm³/mol. The van der Waals surface area contributed by atoms with Crippen molar-refractivity contribution in [1.29, 1.82) is 16.1 Å². The Morgan fingerprint density at radius 3 is 2.46 bits per heavy atom. The summed E-state index contributed by atoms with van der Waals surface area (Å²) < 4.78 is 54.5. The van der Waals surface area contributed by atoms with Crippen molar-refractivity contribution >= 4 is 29.2 Å². The molecule has 0 saturated heterocycles. The second-order valence-electron chi connectivity index (χ2n) is 9.66. The van der Waals surface area contributed by atoms with E-state index in [-0.39, 0.29) is 36.4 Å². The predicted octanol–water partition coefficient (Wildman–Crippen LogP) is 7.18. The molecule has 0 spiro atoms. The van der Waals surface area contributed by atoms with Gasteiger partial charge in [0.15, 0.2) is 0 Å². The van der Waals surface area contributed by atoms with E-state index >= 15 is 4.48 Å². The van der Waals surface area contributed by atoms with Crippen LogP contribution in [0.3, 0.4) is 0 Å². The van der Waals surface area contributed by atoms with Gasteiger partial charge in [-0.3, -0.25) is 10.3 Å². The highest BCUT2D eigenvalue weighted by molar-refractivity contribution is 6.31. The summed E-state index contributed by atoms with van der Waals surface area (Å²) in [5, 5.41) is 29.7. The molecule has 0 fully saturated rings.